The molecule has 1 aromatic carbocycles. The van der Waals surface area contributed by atoms with Crippen molar-refractivity contribution in [1.29, 1.82) is 0 Å². The van der Waals surface area contributed by atoms with Crippen LogP contribution in [0.4, 0.5) is 4.79 Å². The van der Waals surface area contributed by atoms with Gasteiger partial charge in [0, 0.05) is 12.1 Å². The lowest BCUT2D eigenvalue weighted by molar-refractivity contribution is -0.148. The van der Waals surface area contributed by atoms with Gasteiger partial charge < -0.3 is 20.3 Å². The van der Waals surface area contributed by atoms with Gasteiger partial charge in [0.15, 0.2) is 0 Å². The first-order valence-corrected chi connectivity index (χ1v) is 12.7. The van der Waals surface area contributed by atoms with Crippen molar-refractivity contribution in [2.75, 3.05) is 0 Å². The molecule has 1 aliphatic carbocycles. The van der Waals surface area contributed by atoms with E-state index in [-0.39, 0.29) is 29.8 Å². The number of rotatable bonds is 10. The number of nitrogens with one attached hydrogen (secondary N) is 2. The lowest BCUT2D eigenvalue weighted by Gasteiger charge is -2.44. The summed E-state index contributed by atoms with van der Waals surface area (Å²) in [6.07, 6.45) is 4.16. The van der Waals surface area contributed by atoms with Crippen LogP contribution in [0.3, 0.4) is 0 Å². The largest absolute Gasteiger partial charge is 0.444 e. The third-order valence-electron chi connectivity index (χ3n) is 5.84. The van der Waals surface area contributed by atoms with Gasteiger partial charge in [-0.1, -0.05) is 44.7 Å². The van der Waals surface area contributed by atoms with Crippen LogP contribution in [-0.4, -0.2) is 46.5 Å². The molecule has 0 spiro atoms. The molecule has 35 heavy (non-hydrogen) atoms. The van der Waals surface area contributed by atoms with E-state index in [1.165, 1.54) is 0 Å². The summed E-state index contributed by atoms with van der Waals surface area (Å²) in [5.74, 6) is -0.349. The summed E-state index contributed by atoms with van der Waals surface area (Å²) in [6.45, 7) is 17.0. The second-order valence-electron chi connectivity index (χ2n) is 11.1. The van der Waals surface area contributed by atoms with Gasteiger partial charge in [0.2, 0.25) is 11.8 Å². The van der Waals surface area contributed by atoms with Crippen LogP contribution in [0.1, 0.15) is 91.3 Å². The Bertz CT molecular complexity index is 900. The molecular weight excluding hydrogens is 442 g/mol. The van der Waals surface area contributed by atoms with Crippen LogP contribution >= 0.6 is 0 Å². The lowest BCUT2D eigenvalue weighted by atomic mass is 9.87. The molecule has 2 rings (SSSR count). The molecule has 0 bridgehead atoms. The molecule has 2 atom stereocenters. The van der Waals surface area contributed by atoms with E-state index in [9.17, 15) is 14.4 Å². The molecule has 0 aromatic heterocycles. The number of hydrogen-bond donors (Lipinski definition) is 2. The molecule has 0 radical (unpaired) electrons. The zero-order chi connectivity index (χ0) is 26.3. The molecule has 1 aromatic rings. The van der Waals surface area contributed by atoms with Crippen LogP contribution in [-0.2, 0) is 14.3 Å². The summed E-state index contributed by atoms with van der Waals surface area (Å²) in [5.41, 5.74) is 0.909. The van der Waals surface area contributed by atoms with Crippen molar-refractivity contribution in [1.82, 2.24) is 15.5 Å². The van der Waals surface area contributed by atoms with E-state index in [0.29, 0.717) is 6.42 Å². The van der Waals surface area contributed by atoms with E-state index < -0.39 is 23.8 Å². The number of benzene rings is 1. The third kappa shape index (κ3) is 8.41. The Labute approximate surface area is 210 Å². The van der Waals surface area contributed by atoms with Crippen LogP contribution in [0.15, 0.2) is 30.8 Å². The van der Waals surface area contributed by atoms with Crippen molar-refractivity contribution in [3.63, 3.8) is 0 Å². The topological polar surface area (TPSA) is 87.7 Å². The van der Waals surface area contributed by atoms with Crippen molar-refractivity contribution in [3.8, 4) is 0 Å². The van der Waals surface area contributed by atoms with Crippen molar-refractivity contribution in [3.05, 3.63) is 42.0 Å². The van der Waals surface area contributed by atoms with E-state index in [0.717, 1.165) is 30.4 Å². The fourth-order valence-corrected chi connectivity index (χ4v) is 4.16. The highest BCUT2D eigenvalue weighted by Gasteiger charge is 2.42. The number of alkyl carbamates (subject to hydrolysis) is 1. The summed E-state index contributed by atoms with van der Waals surface area (Å²) >= 11 is 0. The highest BCUT2D eigenvalue weighted by molar-refractivity contribution is 5.92. The second kappa shape index (κ2) is 12.2. The molecular formula is C28H43N3O4. The fourth-order valence-electron chi connectivity index (χ4n) is 4.16. The summed E-state index contributed by atoms with van der Waals surface area (Å²) in [6, 6.07) is 5.77. The number of amides is 3. The Kier molecular flexibility index (Phi) is 9.92. The summed E-state index contributed by atoms with van der Waals surface area (Å²) in [7, 11) is 0. The van der Waals surface area contributed by atoms with Crippen molar-refractivity contribution >= 4 is 24.0 Å². The van der Waals surface area contributed by atoms with E-state index >= 15 is 0 Å². The molecule has 0 aliphatic heterocycles. The van der Waals surface area contributed by atoms with Crippen molar-refractivity contribution in [2.24, 2.45) is 5.92 Å². The fraction of sp³-hybridized carbons (Fsp3) is 0.607. The van der Waals surface area contributed by atoms with Crippen LogP contribution in [0.2, 0.25) is 0 Å². The highest BCUT2D eigenvalue weighted by Crippen LogP contribution is 2.34. The van der Waals surface area contributed by atoms with Gasteiger partial charge in [-0.15, -0.1) is 0 Å². The molecule has 7 nitrogen and oxygen atoms in total. The van der Waals surface area contributed by atoms with Gasteiger partial charge in [0.05, 0.1) is 0 Å². The number of nitrogens with zero attached hydrogens (tertiary/aromatic N) is 1. The number of carbonyl (C=O) groups is 3. The van der Waals surface area contributed by atoms with Gasteiger partial charge >= 0.3 is 6.09 Å². The number of carbonyl (C=O) groups excluding carboxylic acids is 3. The first-order chi connectivity index (χ1) is 16.3. The molecule has 0 saturated heterocycles. The summed E-state index contributed by atoms with van der Waals surface area (Å²) < 4.78 is 5.44. The number of hydrogen-bond acceptors (Lipinski definition) is 4. The SMILES string of the molecule is C=Cc1cccc(C(C(=O)NC(C)C)N(C(=O)C(CC(C)C)NC(=O)OC(C)(C)C)C2CCC2)c1. The Morgan fingerprint density at radius 2 is 1.80 bits per heavy atom. The van der Waals surface area contributed by atoms with Crippen molar-refractivity contribution in [2.45, 2.75) is 104 Å². The van der Waals surface area contributed by atoms with Crippen LogP contribution in [0.5, 0.6) is 0 Å². The molecule has 7 heteroatoms. The van der Waals surface area contributed by atoms with Crippen molar-refractivity contribution < 1.29 is 19.1 Å². The molecule has 194 valence electrons. The van der Waals surface area contributed by atoms with Gasteiger partial charge in [-0.2, -0.15) is 0 Å². The quantitative estimate of drug-likeness (QED) is 0.476. The van der Waals surface area contributed by atoms with Gasteiger partial charge in [0.25, 0.3) is 0 Å². The first kappa shape index (κ1) is 28.4. The lowest BCUT2D eigenvalue weighted by Crippen LogP contribution is -2.58. The van der Waals surface area contributed by atoms with Gasteiger partial charge in [0.1, 0.15) is 17.7 Å². The minimum atomic E-state index is -0.815. The molecule has 1 aliphatic rings. The predicted molar refractivity (Wildman–Crippen MR) is 140 cm³/mol. The Morgan fingerprint density at radius 3 is 2.29 bits per heavy atom. The average Bonchev–Trinajstić information content (AvgIpc) is 2.68. The average molecular weight is 486 g/mol. The van der Waals surface area contributed by atoms with Crippen LogP contribution in [0.25, 0.3) is 6.08 Å². The zero-order valence-corrected chi connectivity index (χ0v) is 22.4. The maximum absolute atomic E-state index is 14.1. The van der Waals surface area contributed by atoms with Gasteiger partial charge in [-0.3, -0.25) is 9.59 Å². The monoisotopic (exact) mass is 485 g/mol. The van der Waals surface area contributed by atoms with Gasteiger partial charge in [-0.25, -0.2) is 4.79 Å². The normalized spacial score (nSPS) is 15.7. The second-order valence-corrected chi connectivity index (χ2v) is 11.1. The van der Waals surface area contributed by atoms with E-state index in [2.05, 4.69) is 17.2 Å². The Morgan fingerprint density at radius 1 is 1.14 bits per heavy atom. The zero-order valence-electron chi connectivity index (χ0n) is 22.4. The highest BCUT2D eigenvalue weighted by atomic mass is 16.6. The smallest absolute Gasteiger partial charge is 0.408 e. The standard InChI is InChI=1S/C28H43N3O4/c1-9-20-12-10-13-21(17-20)24(25(32)29-19(4)5)31(22-14-11-15-22)26(33)23(16-18(2)3)30-27(34)35-28(6,7)8/h9-10,12-13,17-19,22-24H,1,11,14-16H2,2-8H3,(H,29,32)(H,30,34). The van der Waals surface area contributed by atoms with Gasteiger partial charge in [-0.05, 0) is 83.4 Å². The Balaban J connectivity index is 2.51. The first-order valence-electron chi connectivity index (χ1n) is 12.7. The predicted octanol–water partition coefficient (Wildman–Crippen LogP) is 5.22. The molecule has 2 unspecified atom stereocenters. The minimum Gasteiger partial charge on any atom is -0.444 e. The van der Waals surface area contributed by atoms with E-state index in [4.69, 9.17) is 4.74 Å². The maximum atomic E-state index is 14.1. The third-order valence-corrected chi connectivity index (χ3v) is 5.84. The van der Waals surface area contributed by atoms with E-state index in [1.54, 1.807) is 31.7 Å². The van der Waals surface area contributed by atoms with E-state index in [1.807, 2.05) is 52.0 Å². The molecule has 0 heterocycles. The number of ether oxygens (including phenoxy) is 1. The molecule has 1 fully saturated rings. The molecule has 2 N–H and O–H groups in total. The van der Waals surface area contributed by atoms with Crippen LogP contribution < -0.4 is 10.6 Å². The van der Waals surface area contributed by atoms with Crippen LogP contribution in [0, 0.1) is 5.92 Å². The Hall–Kier alpha value is -2.83. The maximum Gasteiger partial charge on any atom is 0.408 e. The summed E-state index contributed by atoms with van der Waals surface area (Å²) in [4.78, 5) is 42.0. The summed E-state index contributed by atoms with van der Waals surface area (Å²) in [5, 5.41) is 5.79. The molecule has 1 saturated carbocycles. The minimum absolute atomic E-state index is 0.0760. The molecule has 3 amide bonds.